The van der Waals surface area contributed by atoms with Crippen molar-refractivity contribution in [2.24, 2.45) is 0 Å². The number of para-hydroxylation sites is 2. The predicted molar refractivity (Wildman–Crippen MR) is 175 cm³/mol. The molecule has 8 rings (SSSR count). The number of aromatic nitrogens is 2. The largest absolute Gasteiger partial charge is 0.307 e. The fourth-order valence-electron chi connectivity index (χ4n) is 6.84. The summed E-state index contributed by atoms with van der Waals surface area (Å²) >= 11 is 0. The Labute approximate surface area is 260 Å². The minimum atomic E-state index is -2.19. The molecule has 8 aromatic rings. The Hall–Kier alpha value is -5.43. The van der Waals surface area contributed by atoms with Crippen molar-refractivity contribution in [2.45, 2.75) is 20.8 Å². The first-order valence-electron chi connectivity index (χ1n) is 14.8. The van der Waals surface area contributed by atoms with E-state index in [-0.39, 0.29) is 5.56 Å². The van der Waals surface area contributed by atoms with Crippen LogP contribution in [0.15, 0.2) is 97.1 Å². The van der Waals surface area contributed by atoms with Crippen LogP contribution in [0.3, 0.4) is 0 Å². The lowest BCUT2D eigenvalue weighted by Gasteiger charge is -2.21. The van der Waals surface area contributed by atoms with Gasteiger partial charge >= 0.3 is 0 Å². The van der Waals surface area contributed by atoms with Gasteiger partial charge < -0.3 is 9.13 Å². The Balaban J connectivity index is 1.58. The topological polar surface area (TPSA) is 9.86 Å². The summed E-state index contributed by atoms with van der Waals surface area (Å²) in [7, 11) is 0. The molecule has 0 aliphatic heterocycles. The highest BCUT2D eigenvalue weighted by Gasteiger charge is 2.29. The van der Waals surface area contributed by atoms with Gasteiger partial charge in [0, 0.05) is 21.5 Å². The van der Waals surface area contributed by atoms with Gasteiger partial charge in [-0.3, -0.25) is 0 Å². The van der Waals surface area contributed by atoms with Crippen molar-refractivity contribution >= 4 is 43.6 Å². The molecule has 226 valence electrons. The molecular weight excluding hydrogens is 591 g/mol. The lowest BCUT2D eigenvalue weighted by molar-refractivity contribution is 0.381. The molecule has 0 amide bonds. The maximum atomic E-state index is 15.4. The molecule has 0 saturated carbocycles. The summed E-state index contributed by atoms with van der Waals surface area (Å²) in [6.45, 7) is 5.65. The molecule has 0 radical (unpaired) electrons. The van der Waals surface area contributed by atoms with Gasteiger partial charge in [0.1, 0.15) is 0 Å². The number of halogens is 5. The van der Waals surface area contributed by atoms with Crippen molar-refractivity contribution in [1.29, 1.82) is 0 Å². The molecule has 0 saturated heterocycles. The smallest absolute Gasteiger partial charge is 0.200 e. The quantitative estimate of drug-likeness (QED) is 0.106. The minimum absolute atomic E-state index is 0.0961. The van der Waals surface area contributed by atoms with Gasteiger partial charge in [-0.15, -0.1) is 0 Å². The number of aryl methyl sites for hydroxylation is 3. The summed E-state index contributed by atoms with van der Waals surface area (Å²) in [5.41, 5.74) is 6.10. The summed E-state index contributed by atoms with van der Waals surface area (Å²) in [6.07, 6.45) is 0. The van der Waals surface area contributed by atoms with Crippen LogP contribution in [0.1, 0.15) is 16.7 Å². The van der Waals surface area contributed by atoms with Crippen molar-refractivity contribution in [1.82, 2.24) is 9.13 Å². The second-order valence-electron chi connectivity index (χ2n) is 11.8. The van der Waals surface area contributed by atoms with E-state index in [0.717, 1.165) is 54.7 Å². The van der Waals surface area contributed by atoms with Crippen LogP contribution < -0.4 is 0 Å². The predicted octanol–water partition coefficient (Wildman–Crippen LogP) is 11.2. The Morgan fingerprint density at radius 1 is 0.413 bits per heavy atom. The van der Waals surface area contributed by atoms with Crippen LogP contribution >= 0.6 is 0 Å². The maximum Gasteiger partial charge on any atom is 0.200 e. The second-order valence-corrected chi connectivity index (χ2v) is 11.8. The summed E-state index contributed by atoms with van der Waals surface area (Å²) in [4.78, 5) is 0. The molecule has 0 aliphatic rings. The van der Waals surface area contributed by atoms with E-state index in [1.165, 1.54) is 0 Å². The highest BCUT2D eigenvalue weighted by atomic mass is 19.2. The van der Waals surface area contributed by atoms with Gasteiger partial charge in [0.25, 0.3) is 0 Å². The molecule has 2 heterocycles. The Morgan fingerprint density at radius 2 is 0.826 bits per heavy atom. The van der Waals surface area contributed by atoms with Gasteiger partial charge in [-0.2, -0.15) is 0 Å². The van der Waals surface area contributed by atoms with E-state index in [1.807, 2.05) is 91.2 Å². The minimum Gasteiger partial charge on any atom is -0.307 e. The van der Waals surface area contributed by atoms with Crippen LogP contribution in [0.25, 0.3) is 66.1 Å². The third kappa shape index (κ3) is 3.87. The molecule has 2 nitrogen and oxygen atoms in total. The first-order chi connectivity index (χ1) is 22.2. The molecule has 0 unspecified atom stereocenters. The summed E-state index contributed by atoms with van der Waals surface area (Å²) in [6, 6.07) is 31.4. The van der Waals surface area contributed by atoms with Gasteiger partial charge in [-0.1, -0.05) is 59.7 Å². The second kappa shape index (κ2) is 10.0. The molecule has 0 fully saturated rings. The number of hydrogen-bond donors (Lipinski definition) is 0. The van der Waals surface area contributed by atoms with Crippen LogP contribution in [0.2, 0.25) is 0 Å². The van der Waals surface area contributed by atoms with Crippen molar-refractivity contribution in [3.63, 3.8) is 0 Å². The molecule has 0 atom stereocenters. The molecule has 6 aromatic carbocycles. The normalized spacial score (nSPS) is 11.9. The van der Waals surface area contributed by atoms with Crippen molar-refractivity contribution < 1.29 is 22.0 Å². The highest BCUT2D eigenvalue weighted by molar-refractivity contribution is 6.12. The van der Waals surface area contributed by atoms with E-state index in [0.29, 0.717) is 16.9 Å². The number of fused-ring (bicyclic) bond motifs is 6. The van der Waals surface area contributed by atoms with Gasteiger partial charge in [0.2, 0.25) is 5.82 Å². The molecule has 0 spiro atoms. The number of rotatable bonds is 3. The summed E-state index contributed by atoms with van der Waals surface area (Å²) < 4.78 is 78.1. The molecule has 0 N–H and O–H groups in total. The Kier molecular flexibility index (Phi) is 6.13. The lowest BCUT2D eigenvalue weighted by Crippen LogP contribution is -2.08. The first-order valence-corrected chi connectivity index (χ1v) is 14.8. The van der Waals surface area contributed by atoms with Gasteiger partial charge in [-0.05, 0) is 80.4 Å². The van der Waals surface area contributed by atoms with Crippen LogP contribution in [-0.4, -0.2) is 9.13 Å². The van der Waals surface area contributed by atoms with Crippen molar-refractivity contribution in [3.8, 4) is 22.5 Å². The van der Waals surface area contributed by atoms with Crippen LogP contribution in [-0.2, 0) is 0 Å². The third-order valence-corrected chi connectivity index (χ3v) is 8.94. The molecule has 0 aliphatic carbocycles. The lowest BCUT2D eigenvalue weighted by atomic mass is 9.96. The van der Waals surface area contributed by atoms with Gasteiger partial charge in [0.05, 0.1) is 39.0 Å². The summed E-state index contributed by atoms with van der Waals surface area (Å²) in [5, 5.41) is 3.98. The standard InChI is InChI=1S/C39H25F5N2/c1-20-12-14-30-26(16-20)23-8-4-6-10-28(23)45(30)32-18-22(3)25(34-35(40)37(42)39(44)38(43)36(34)41)19-33(32)46-29-11-7-5-9-24(29)27-17-21(2)13-15-31(27)46/h4-19H,1-3H3. The zero-order chi connectivity index (χ0) is 32.0. The summed E-state index contributed by atoms with van der Waals surface area (Å²) in [5.74, 6) is -9.90. The molecule has 0 bridgehead atoms. The average Bonchev–Trinajstić information content (AvgIpc) is 3.55. The fraction of sp³-hybridized carbons (Fsp3) is 0.0769. The third-order valence-electron chi connectivity index (χ3n) is 8.94. The monoisotopic (exact) mass is 616 g/mol. The SMILES string of the molecule is Cc1ccc2c(c1)c1ccccc1n2-c1cc(C)c(-c2c(F)c(F)c(F)c(F)c2F)cc1-n1c2ccccc2c2cc(C)ccc21. The molecule has 2 aromatic heterocycles. The zero-order valence-electron chi connectivity index (χ0n) is 25.0. The molecule has 46 heavy (non-hydrogen) atoms. The van der Waals surface area contributed by atoms with E-state index in [9.17, 15) is 13.2 Å². The van der Waals surface area contributed by atoms with E-state index in [4.69, 9.17) is 0 Å². The Bertz CT molecular complexity index is 2540. The molecular formula is C39H25F5N2. The number of hydrogen-bond acceptors (Lipinski definition) is 0. The van der Waals surface area contributed by atoms with Gasteiger partial charge in [0.15, 0.2) is 23.3 Å². The van der Waals surface area contributed by atoms with Crippen molar-refractivity contribution in [2.75, 3.05) is 0 Å². The van der Waals surface area contributed by atoms with Crippen molar-refractivity contribution in [3.05, 3.63) is 143 Å². The number of nitrogens with zero attached hydrogens (tertiary/aromatic N) is 2. The average molecular weight is 617 g/mol. The Morgan fingerprint density at radius 3 is 1.33 bits per heavy atom. The van der Waals surface area contributed by atoms with E-state index < -0.39 is 34.6 Å². The fourth-order valence-corrected chi connectivity index (χ4v) is 6.84. The highest BCUT2D eigenvalue weighted by Crippen LogP contribution is 2.42. The van der Waals surface area contributed by atoms with Crippen LogP contribution in [0, 0.1) is 49.9 Å². The van der Waals surface area contributed by atoms with Gasteiger partial charge in [-0.25, -0.2) is 22.0 Å². The van der Waals surface area contributed by atoms with Crippen LogP contribution in [0.4, 0.5) is 22.0 Å². The zero-order valence-corrected chi connectivity index (χ0v) is 25.0. The van der Waals surface area contributed by atoms with E-state index in [1.54, 1.807) is 19.1 Å². The first kappa shape index (κ1) is 28.1. The maximum absolute atomic E-state index is 15.4. The van der Waals surface area contributed by atoms with Crippen LogP contribution in [0.5, 0.6) is 0 Å². The van der Waals surface area contributed by atoms with E-state index in [2.05, 4.69) is 16.7 Å². The van der Waals surface area contributed by atoms with E-state index >= 15 is 8.78 Å². The molecule has 7 heteroatoms. The number of benzene rings is 6.